The lowest BCUT2D eigenvalue weighted by molar-refractivity contribution is 0.565. The van der Waals surface area contributed by atoms with Gasteiger partial charge >= 0.3 is 0 Å². The fourth-order valence-electron chi connectivity index (χ4n) is 0.778. The number of hydrogen-bond donors (Lipinski definition) is 1. The van der Waals surface area contributed by atoms with Gasteiger partial charge in [0.15, 0.2) is 0 Å². The molecule has 0 unspecified atom stereocenters. The number of nitrogens with one attached hydrogen (secondary N) is 1. The maximum atomic E-state index is 10.6. The average molecular weight is 189 g/mol. The monoisotopic (exact) mass is 189 g/mol. The number of hydrogen-bond acceptors (Lipinski definition) is 3. The number of rotatable bonds is 4. The summed E-state index contributed by atoms with van der Waals surface area (Å²) in [4.78, 5) is 0. The molecule has 0 saturated carbocycles. The van der Waals surface area contributed by atoms with E-state index in [0.717, 1.165) is 6.26 Å². The Morgan fingerprint density at radius 2 is 2.33 bits per heavy atom. The molecule has 0 fully saturated rings. The molecule has 0 spiro atoms. The molecule has 0 aliphatic carbocycles. The molecule has 68 valence electrons. The highest BCUT2D eigenvalue weighted by Gasteiger charge is 1.98. The van der Waals surface area contributed by atoms with E-state index in [1.54, 1.807) is 23.1 Å². The van der Waals surface area contributed by atoms with Crippen molar-refractivity contribution < 1.29 is 8.42 Å². The van der Waals surface area contributed by atoms with Gasteiger partial charge in [-0.15, -0.1) is 0 Å². The Labute approximate surface area is 71.4 Å². The first-order valence-electron chi connectivity index (χ1n) is 3.50. The Balaban J connectivity index is 2.29. The van der Waals surface area contributed by atoms with Crippen LogP contribution in [0, 0.1) is 0 Å². The van der Waals surface area contributed by atoms with Gasteiger partial charge in [0.2, 0.25) is 10.0 Å². The van der Waals surface area contributed by atoms with E-state index in [1.165, 1.54) is 0 Å². The zero-order valence-corrected chi connectivity index (χ0v) is 7.58. The Kier molecular flexibility index (Phi) is 2.83. The molecule has 12 heavy (non-hydrogen) atoms. The van der Waals surface area contributed by atoms with Crippen molar-refractivity contribution in [1.82, 2.24) is 14.5 Å². The van der Waals surface area contributed by atoms with Crippen LogP contribution in [0.25, 0.3) is 0 Å². The summed E-state index contributed by atoms with van der Waals surface area (Å²) in [5, 5.41) is 3.92. The predicted octanol–water partition coefficient (Wildman–Crippen LogP) is -0.568. The molecule has 6 heteroatoms. The van der Waals surface area contributed by atoms with Crippen molar-refractivity contribution in [3.63, 3.8) is 0 Å². The minimum Gasteiger partial charge on any atom is -0.271 e. The highest BCUT2D eigenvalue weighted by molar-refractivity contribution is 7.88. The van der Waals surface area contributed by atoms with Crippen LogP contribution in [0.4, 0.5) is 0 Å². The van der Waals surface area contributed by atoms with Gasteiger partial charge in [0.1, 0.15) is 0 Å². The molecule has 0 saturated heterocycles. The fourth-order valence-corrected chi connectivity index (χ4v) is 1.24. The number of aromatic nitrogens is 2. The summed E-state index contributed by atoms with van der Waals surface area (Å²) < 4.78 is 25.3. The minimum atomic E-state index is -3.07. The van der Waals surface area contributed by atoms with Crippen molar-refractivity contribution in [2.45, 2.75) is 6.54 Å². The van der Waals surface area contributed by atoms with Crippen LogP contribution >= 0.6 is 0 Å². The van der Waals surface area contributed by atoms with Gasteiger partial charge in [-0.1, -0.05) is 0 Å². The highest BCUT2D eigenvalue weighted by atomic mass is 32.2. The molecule has 0 amide bonds. The topological polar surface area (TPSA) is 64.0 Å². The zero-order valence-electron chi connectivity index (χ0n) is 6.77. The third-order valence-electron chi connectivity index (χ3n) is 1.26. The lowest BCUT2D eigenvalue weighted by atomic mass is 10.6. The maximum absolute atomic E-state index is 10.6. The van der Waals surface area contributed by atoms with Gasteiger partial charge in [0.05, 0.1) is 12.8 Å². The first-order chi connectivity index (χ1) is 5.58. The average Bonchev–Trinajstić information content (AvgIpc) is 2.36. The molecule has 0 bridgehead atoms. The minimum absolute atomic E-state index is 0.376. The van der Waals surface area contributed by atoms with Crippen LogP contribution in [0.2, 0.25) is 0 Å². The van der Waals surface area contributed by atoms with E-state index in [0.29, 0.717) is 13.1 Å². The smallest absolute Gasteiger partial charge is 0.208 e. The largest absolute Gasteiger partial charge is 0.271 e. The van der Waals surface area contributed by atoms with Gasteiger partial charge in [-0.3, -0.25) is 4.68 Å². The number of nitrogens with zero attached hydrogens (tertiary/aromatic N) is 2. The van der Waals surface area contributed by atoms with Gasteiger partial charge in [-0.25, -0.2) is 13.1 Å². The summed E-state index contributed by atoms with van der Waals surface area (Å²) in [6.45, 7) is 0.931. The second-order valence-corrected chi connectivity index (χ2v) is 4.27. The first kappa shape index (κ1) is 9.21. The van der Waals surface area contributed by atoms with E-state index in [9.17, 15) is 8.42 Å². The predicted molar refractivity (Wildman–Crippen MR) is 45.1 cm³/mol. The van der Waals surface area contributed by atoms with Gasteiger partial charge in [-0.05, 0) is 6.07 Å². The molecule has 1 aromatic rings. The first-order valence-corrected chi connectivity index (χ1v) is 5.39. The molecular formula is C6H11N3O2S. The van der Waals surface area contributed by atoms with E-state index in [4.69, 9.17) is 0 Å². The SMILES string of the molecule is CS(=O)(=O)NCCn1cccn1. The molecule has 1 rings (SSSR count). The molecule has 1 N–H and O–H groups in total. The van der Waals surface area contributed by atoms with Gasteiger partial charge in [-0.2, -0.15) is 5.10 Å². The van der Waals surface area contributed by atoms with Crippen LogP contribution < -0.4 is 4.72 Å². The molecule has 5 nitrogen and oxygen atoms in total. The summed E-state index contributed by atoms with van der Waals surface area (Å²) >= 11 is 0. The van der Waals surface area contributed by atoms with Crippen LogP contribution in [-0.2, 0) is 16.6 Å². The lowest BCUT2D eigenvalue weighted by Crippen LogP contribution is -2.26. The van der Waals surface area contributed by atoms with E-state index in [1.807, 2.05) is 0 Å². The van der Waals surface area contributed by atoms with Gasteiger partial charge in [0.25, 0.3) is 0 Å². The Bertz CT molecular complexity index is 317. The molecule has 0 atom stereocenters. The van der Waals surface area contributed by atoms with Crippen LogP contribution in [0.5, 0.6) is 0 Å². The summed E-state index contributed by atoms with van der Waals surface area (Å²) in [5.41, 5.74) is 0. The van der Waals surface area contributed by atoms with Crippen LogP contribution in [0.1, 0.15) is 0 Å². The van der Waals surface area contributed by atoms with Gasteiger partial charge < -0.3 is 0 Å². The van der Waals surface area contributed by atoms with Crippen molar-refractivity contribution in [3.8, 4) is 0 Å². The van der Waals surface area contributed by atoms with Crippen molar-refractivity contribution in [2.24, 2.45) is 0 Å². The second-order valence-electron chi connectivity index (χ2n) is 2.44. The third-order valence-corrected chi connectivity index (χ3v) is 1.99. The molecule has 0 aliphatic rings. The van der Waals surface area contributed by atoms with Crippen molar-refractivity contribution >= 4 is 10.0 Å². The molecule has 1 heterocycles. The Morgan fingerprint density at radius 1 is 1.58 bits per heavy atom. The van der Waals surface area contributed by atoms with Crippen molar-refractivity contribution in [2.75, 3.05) is 12.8 Å². The normalized spacial score (nSPS) is 11.8. The van der Waals surface area contributed by atoms with E-state index in [-0.39, 0.29) is 0 Å². The van der Waals surface area contributed by atoms with Crippen molar-refractivity contribution in [1.29, 1.82) is 0 Å². The molecule has 0 radical (unpaired) electrons. The zero-order chi connectivity index (χ0) is 9.03. The molecule has 0 aromatic carbocycles. The molecule has 1 aromatic heterocycles. The Hall–Kier alpha value is -0.880. The molecular weight excluding hydrogens is 178 g/mol. The van der Waals surface area contributed by atoms with Crippen LogP contribution in [0.3, 0.4) is 0 Å². The van der Waals surface area contributed by atoms with Crippen LogP contribution in [-0.4, -0.2) is 31.0 Å². The highest BCUT2D eigenvalue weighted by Crippen LogP contribution is 1.83. The van der Waals surface area contributed by atoms with E-state index < -0.39 is 10.0 Å². The summed E-state index contributed by atoms with van der Waals surface area (Å²) in [6.07, 6.45) is 4.57. The quantitative estimate of drug-likeness (QED) is 0.690. The summed E-state index contributed by atoms with van der Waals surface area (Å²) in [7, 11) is -3.07. The van der Waals surface area contributed by atoms with E-state index >= 15 is 0 Å². The third kappa shape index (κ3) is 3.49. The maximum Gasteiger partial charge on any atom is 0.208 e. The second kappa shape index (κ2) is 3.68. The standard InChI is InChI=1S/C6H11N3O2S/c1-12(10,11)8-4-6-9-5-2-3-7-9/h2-3,5,8H,4,6H2,1H3. The number of sulfonamides is 1. The summed E-state index contributed by atoms with van der Waals surface area (Å²) in [6, 6.07) is 1.79. The van der Waals surface area contributed by atoms with Crippen molar-refractivity contribution in [3.05, 3.63) is 18.5 Å². The molecule has 0 aliphatic heterocycles. The fraction of sp³-hybridized carbons (Fsp3) is 0.500. The Morgan fingerprint density at radius 3 is 2.83 bits per heavy atom. The van der Waals surface area contributed by atoms with Crippen LogP contribution in [0.15, 0.2) is 18.5 Å². The summed E-state index contributed by atoms with van der Waals surface area (Å²) in [5.74, 6) is 0. The lowest BCUT2D eigenvalue weighted by Gasteiger charge is -2.01. The van der Waals surface area contributed by atoms with Gasteiger partial charge in [0, 0.05) is 18.9 Å². The van der Waals surface area contributed by atoms with E-state index in [2.05, 4.69) is 9.82 Å².